The van der Waals surface area contributed by atoms with Crippen molar-refractivity contribution in [3.05, 3.63) is 5.69 Å². The molecule has 1 aromatic heterocycles. The van der Waals surface area contributed by atoms with Crippen molar-refractivity contribution in [1.82, 2.24) is 20.5 Å². The Morgan fingerprint density at radius 3 is 2.88 bits per heavy atom. The maximum Gasteiger partial charge on any atom is 0.277 e. The van der Waals surface area contributed by atoms with Crippen LogP contribution in [-0.4, -0.2) is 46.8 Å². The van der Waals surface area contributed by atoms with E-state index in [1.807, 2.05) is 0 Å². The van der Waals surface area contributed by atoms with Crippen LogP contribution in [0.15, 0.2) is 4.63 Å². The topological polar surface area (TPSA) is 97.3 Å². The second kappa shape index (κ2) is 5.13. The number of aromatic nitrogens is 2. The van der Waals surface area contributed by atoms with Crippen LogP contribution < -0.4 is 11.1 Å². The maximum atomic E-state index is 11.6. The molecule has 2 rings (SSSR count). The monoisotopic (exact) mass is 239 g/mol. The second-order valence-electron chi connectivity index (χ2n) is 4.11. The molecule has 17 heavy (non-hydrogen) atoms. The molecule has 0 radical (unpaired) electrons. The average Bonchev–Trinajstić information content (AvgIpc) is 3.06. The van der Waals surface area contributed by atoms with Crippen molar-refractivity contribution >= 4 is 11.7 Å². The summed E-state index contributed by atoms with van der Waals surface area (Å²) in [6, 6.07) is 0.704. The Hall–Kier alpha value is -1.63. The Morgan fingerprint density at radius 1 is 1.59 bits per heavy atom. The van der Waals surface area contributed by atoms with Crippen LogP contribution in [0.3, 0.4) is 0 Å². The molecule has 1 aliphatic rings. The van der Waals surface area contributed by atoms with Crippen LogP contribution in [0.5, 0.6) is 0 Å². The molecule has 1 amide bonds. The molecular weight excluding hydrogens is 222 g/mol. The Labute approximate surface area is 99.3 Å². The minimum Gasteiger partial charge on any atom is -0.379 e. The van der Waals surface area contributed by atoms with Gasteiger partial charge in [-0.3, -0.25) is 9.69 Å². The van der Waals surface area contributed by atoms with E-state index in [0.717, 1.165) is 13.1 Å². The van der Waals surface area contributed by atoms with Gasteiger partial charge in [0.05, 0.1) is 0 Å². The van der Waals surface area contributed by atoms with Crippen molar-refractivity contribution in [2.24, 2.45) is 0 Å². The third-order valence-corrected chi connectivity index (χ3v) is 2.88. The van der Waals surface area contributed by atoms with Gasteiger partial charge >= 0.3 is 0 Å². The molecule has 1 saturated carbocycles. The van der Waals surface area contributed by atoms with E-state index >= 15 is 0 Å². The highest BCUT2D eigenvalue weighted by atomic mass is 16.6. The van der Waals surface area contributed by atoms with E-state index in [2.05, 4.69) is 32.1 Å². The first-order chi connectivity index (χ1) is 8.22. The van der Waals surface area contributed by atoms with E-state index in [1.165, 1.54) is 12.8 Å². The lowest BCUT2D eigenvalue weighted by Crippen LogP contribution is -2.36. The Kier molecular flexibility index (Phi) is 3.58. The van der Waals surface area contributed by atoms with Crippen molar-refractivity contribution in [3.63, 3.8) is 0 Å². The molecule has 0 aliphatic heterocycles. The fourth-order valence-corrected chi connectivity index (χ4v) is 1.79. The van der Waals surface area contributed by atoms with Gasteiger partial charge in [0.25, 0.3) is 5.91 Å². The number of nitrogens with two attached hydrogens (primary N) is 1. The fraction of sp³-hybridized carbons (Fsp3) is 0.700. The molecule has 3 N–H and O–H groups in total. The van der Waals surface area contributed by atoms with Crippen molar-refractivity contribution in [3.8, 4) is 0 Å². The van der Waals surface area contributed by atoms with Crippen LogP contribution in [0.2, 0.25) is 0 Å². The van der Waals surface area contributed by atoms with Gasteiger partial charge in [-0.1, -0.05) is 6.92 Å². The number of rotatable bonds is 6. The number of hydrogen-bond donors (Lipinski definition) is 2. The number of nitrogen functional groups attached to an aromatic ring is 1. The molecule has 0 aromatic carbocycles. The van der Waals surface area contributed by atoms with E-state index in [-0.39, 0.29) is 17.4 Å². The van der Waals surface area contributed by atoms with Crippen molar-refractivity contribution < 1.29 is 9.42 Å². The number of nitrogens with one attached hydrogen (secondary N) is 1. The van der Waals surface area contributed by atoms with Crippen LogP contribution in [0.1, 0.15) is 30.3 Å². The number of amides is 1. The Balaban J connectivity index is 1.74. The number of likely N-dealkylation sites (N-methyl/N-ethyl adjacent to an activating group) is 1. The lowest BCUT2D eigenvalue weighted by molar-refractivity contribution is 0.0938. The summed E-state index contributed by atoms with van der Waals surface area (Å²) in [7, 11) is 0. The van der Waals surface area contributed by atoms with Gasteiger partial charge in [-0.25, -0.2) is 4.63 Å². The molecular formula is C10H17N5O2. The Morgan fingerprint density at radius 2 is 2.35 bits per heavy atom. The molecule has 0 saturated heterocycles. The molecule has 0 spiro atoms. The minimum atomic E-state index is -0.337. The zero-order valence-corrected chi connectivity index (χ0v) is 9.85. The van der Waals surface area contributed by atoms with Crippen LogP contribution in [0.25, 0.3) is 0 Å². The molecule has 0 unspecified atom stereocenters. The first-order valence-corrected chi connectivity index (χ1v) is 5.82. The van der Waals surface area contributed by atoms with E-state index < -0.39 is 0 Å². The maximum absolute atomic E-state index is 11.6. The first-order valence-electron chi connectivity index (χ1n) is 5.82. The van der Waals surface area contributed by atoms with E-state index in [0.29, 0.717) is 12.6 Å². The summed E-state index contributed by atoms with van der Waals surface area (Å²) in [5.41, 5.74) is 5.47. The summed E-state index contributed by atoms with van der Waals surface area (Å²) in [5, 5.41) is 9.55. The summed E-state index contributed by atoms with van der Waals surface area (Å²) in [5.74, 6) is -0.312. The zero-order chi connectivity index (χ0) is 12.3. The summed E-state index contributed by atoms with van der Waals surface area (Å²) < 4.78 is 4.37. The average molecular weight is 239 g/mol. The molecule has 1 fully saturated rings. The summed E-state index contributed by atoms with van der Waals surface area (Å²) >= 11 is 0. The molecule has 0 bridgehead atoms. The lowest BCUT2D eigenvalue weighted by atomic mass is 10.4. The summed E-state index contributed by atoms with van der Waals surface area (Å²) in [6.45, 7) is 4.56. The van der Waals surface area contributed by atoms with Crippen molar-refractivity contribution in [2.75, 3.05) is 25.4 Å². The van der Waals surface area contributed by atoms with Gasteiger partial charge in [0, 0.05) is 19.1 Å². The van der Waals surface area contributed by atoms with Crippen molar-refractivity contribution in [2.45, 2.75) is 25.8 Å². The third kappa shape index (κ3) is 2.94. The predicted molar refractivity (Wildman–Crippen MR) is 61.3 cm³/mol. The summed E-state index contributed by atoms with van der Waals surface area (Å²) in [6.07, 6.45) is 2.53. The highest BCUT2D eigenvalue weighted by Crippen LogP contribution is 2.25. The van der Waals surface area contributed by atoms with Crippen LogP contribution in [0.4, 0.5) is 5.82 Å². The van der Waals surface area contributed by atoms with Crippen molar-refractivity contribution in [1.29, 1.82) is 0 Å². The van der Waals surface area contributed by atoms with Gasteiger partial charge in [-0.15, -0.1) is 0 Å². The Bertz CT molecular complexity index is 388. The molecule has 94 valence electrons. The largest absolute Gasteiger partial charge is 0.379 e. The van der Waals surface area contributed by atoms with Crippen LogP contribution in [-0.2, 0) is 0 Å². The minimum absolute atomic E-state index is 0.0250. The molecule has 7 nitrogen and oxygen atoms in total. The predicted octanol–water partition coefficient (Wildman–Crippen LogP) is -0.134. The second-order valence-corrected chi connectivity index (χ2v) is 4.11. The molecule has 1 aliphatic carbocycles. The normalized spacial score (nSPS) is 15.2. The van der Waals surface area contributed by atoms with Gasteiger partial charge in [0.2, 0.25) is 11.5 Å². The molecule has 1 heterocycles. The zero-order valence-electron chi connectivity index (χ0n) is 9.85. The quantitative estimate of drug-likeness (QED) is 0.717. The van der Waals surface area contributed by atoms with E-state index in [1.54, 1.807) is 0 Å². The van der Waals surface area contributed by atoms with Gasteiger partial charge in [-0.05, 0) is 29.7 Å². The third-order valence-electron chi connectivity index (χ3n) is 2.88. The van der Waals surface area contributed by atoms with E-state index in [4.69, 9.17) is 5.73 Å². The molecule has 7 heteroatoms. The van der Waals surface area contributed by atoms with Gasteiger partial charge < -0.3 is 11.1 Å². The number of carbonyl (C=O) groups is 1. The highest BCUT2D eigenvalue weighted by molar-refractivity contribution is 5.95. The fourth-order valence-electron chi connectivity index (χ4n) is 1.79. The number of nitrogens with zero attached hydrogens (tertiary/aromatic N) is 3. The number of anilines is 1. The molecule has 1 aromatic rings. The van der Waals surface area contributed by atoms with Gasteiger partial charge in [-0.2, -0.15) is 0 Å². The van der Waals surface area contributed by atoms with Crippen LogP contribution in [0, 0.1) is 0 Å². The number of hydrogen-bond acceptors (Lipinski definition) is 6. The smallest absolute Gasteiger partial charge is 0.277 e. The first kappa shape index (κ1) is 11.8. The lowest BCUT2D eigenvalue weighted by Gasteiger charge is -2.19. The standard InChI is InChI=1S/C10H17N5O2/c1-2-15(7-3-4-7)6-5-12-10(16)8-9(11)14-17-13-8/h7H,2-6H2,1H3,(H2,11,14)(H,12,16). The number of carbonyl (C=O) groups excluding carboxylic acids is 1. The van der Waals surface area contributed by atoms with Crippen LogP contribution >= 0.6 is 0 Å². The summed E-state index contributed by atoms with van der Waals surface area (Å²) in [4.78, 5) is 14.0. The SMILES string of the molecule is CCN(CCNC(=O)c1nonc1N)C1CC1. The highest BCUT2D eigenvalue weighted by Gasteiger charge is 2.27. The van der Waals surface area contributed by atoms with Gasteiger partial charge in [0.1, 0.15) is 0 Å². The van der Waals surface area contributed by atoms with Gasteiger partial charge in [0.15, 0.2) is 0 Å². The van der Waals surface area contributed by atoms with E-state index in [9.17, 15) is 4.79 Å². The molecule has 0 atom stereocenters.